The van der Waals surface area contributed by atoms with Gasteiger partial charge in [-0.2, -0.15) is 0 Å². The van der Waals surface area contributed by atoms with Gasteiger partial charge in [0, 0.05) is 43.0 Å². The molecule has 2 fully saturated rings. The van der Waals surface area contributed by atoms with E-state index >= 15 is 0 Å². The number of aryl methyl sites for hydroxylation is 2. The summed E-state index contributed by atoms with van der Waals surface area (Å²) in [7, 11) is -3.70. The van der Waals surface area contributed by atoms with Gasteiger partial charge >= 0.3 is 19.0 Å². The van der Waals surface area contributed by atoms with Crippen molar-refractivity contribution in [1.29, 1.82) is 0 Å². The van der Waals surface area contributed by atoms with Crippen molar-refractivity contribution in [2.45, 2.75) is 63.6 Å². The summed E-state index contributed by atoms with van der Waals surface area (Å²) in [6.45, 7) is 3.63. The minimum absolute atomic E-state index is 0.0430. The molecule has 0 aromatic carbocycles. The third-order valence-corrected chi connectivity index (χ3v) is 7.50. The first-order valence-electron chi connectivity index (χ1n) is 11.5. The van der Waals surface area contributed by atoms with Gasteiger partial charge in [0.2, 0.25) is 0 Å². The summed E-state index contributed by atoms with van der Waals surface area (Å²) < 4.78 is 37.2. The van der Waals surface area contributed by atoms with Gasteiger partial charge in [-0.15, -0.1) is 0 Å². The van der Waals surface area contributed by atoms with Crippen LogP contribution in [0, 0.1) is 13.8 Å². The highest BCUT2D eigenvalue weighted by Gasteiger charge is 2.39. The number of aliphatic hydroxyl groups excluding tert-OH is 2. The zero-order valence-electron chi connectivity index (χ0n) is 20.4. The van der Waals surface area contributed by atoms with Crippen LogP contribution in [0.3, 0.4) is 0 Å². The van der Waals surface area contributed by atoms with Crippen LogP contribution in [0.25, 0.3) is 0 Å². The second-order valence-corrected chi connectivity index (χ2v) is 11.2. The van der Waals surface area contributed by atoms with Crippen LogP contribution in [0.1, 0.15) is 36.4 Å². The molecule has 0 amide bonds. The molecular weight excluding hydrogens is 515 g/mol. The summed E-state index contributed by atoms with van der Waals surface area (Å²) >= 11 is 0. The van der Waals surface area contributed by atoms with Gasteiger partial charge in [-0.1, -0.05) is 0 Å². The Bertz CT molecular complexity index is 1330. The Hall–Kier alpha value is -2.65. The predicted octanol–water partition coefficient (Wildman–Crippen LogP) is -1.14. The maximum absolute atomic E-state index is 12.8. The van der Waals surface area contributed by atoms with Gasteiger partial charge in [0.05, 0.1) is 25.4 Å². The van der Waals surface area contributed by atoms with Gasteiger partial charge in [0.15, 0.2) is 0 Å². The molecule has 2 aliphatic rings. The second kappa shape index (κ2) is 10.6. The van der Waals surface area contributed by atoms with Crippen molar-refractivity contribution in [2.75, 3.05) is 19.9 Å². The standard InChI is InChI=1S/C21H29N4O11P/c1-10-6-24(20(30)22-18(10)28)16-4-12(26)14(35-16)8-33-37(3,32)34-9-15-13(27)5-17(36-15)25-7-11(2)19(29)23-21(25)31/h6-7,12-17,26-27H,4-5,8-9H2,1-3H3,(H,22,28,30)(H,23,29,31)/t12?,13?,14-,15-,16-,17-,37?/m1/s1. The topological polar surface area (TPSA) is 204 Å². The highest BCUT2D eigenvalue weighted by molar-refractivity contribution is 7.52. The van der Waals surface area contributed by atoms with Gasteiger partial charge in [-0.25, -0.2) is 9.59 Å². The number of aliphatic hydroxyl groups is 2. The van der Waals surface area contributed by atoms with Crippen molar-refractivity contribution < 1.29 is 33.3 Å². The van der Waals surface area contributed by atoms with Gasteiger partial charge in [-0.05, 0) is 13.8 Å². The molecule has 4 rings (SSSR count). The predicted molar refractivity (Wildman–Crippen MR) is 127 cm³/mol. The average molecular weight is 544 g/mol. The largest absolute Gasteiger partial charge is 0.390 e. The van der Waals surface area contributed by atoms with Gasteiger partial charge in [-0.3, -0.25) is 33.3 Å². The molecule has 37 heavy (non-hydrogen) atoms. The molecular formula is C21H29N4O11P. The first-order valence-corrected chi connectivity index (χ1v) is 13.5. The Labute approximate surface area is 209 Å². The van der Waals surface area contributed by atoms with Crippen LogP contribution in [-0.4, -0.2) is 73.6 Å². The lowest BCUT2D eigenvalue weighted by Crippen LogP contribution is -2.33. The van der Waals surface area contributed by atoms with Crippen LogP contribution < -0.4 is 22.5 Å². The molecule has 2 aromatic heterocycles. The molecule has 0 radical (unpaired) electrons. The summed E-state index contributed by atoms with van der Waals surface area (Å²) in [5.74, 6) is 0. The van der Waals surface area contributed by atoms with E-state index in [4.69, 9.17) is 18.5 Å². The maximum Gasteiger partial charge on any atom is 0.330 e. The SMILES string of the molecule is Cc1cn([C@H]2CC(O)[C@@H](COP(C)(=O)OC[C@H]3O[C@@H](n4cc(C)c(=O)[nH]c4=O)CC3O)O2)c(=O)[nH]c1=O. The number of H-pyrrole nitrogens is 2. The first-order chi connectivity index (χ1) is 17.3. The average Bonchev–Trinajstić information content (AvgIpc) is 3.38. The fourth-order valence-corrected chi connectivity index (χ4v) is 5.04. The number of nitrogens with zero attached hydrogens (tertiary/aromatic N) is 2. The van der Waals surface area contributed by atoms with Crippen LogP contribution in [0.2, 0.25) is 0 Å². The van der Waals surface area contributed by atoms with Crippen molar-refractivity contribution in [3.05, 3.63) is 65.2 Å². The van der Waals surface area contributed by atoms with E-state index in [-0.39, 0.29) is 26.1 Å². The van der Waals surface area contributed by atoms with Crippen LogP contribution in [0.15, 0.2) is 31.6 Å². The van der Waals surface area contributed by atoms with E-state index in [1.807, 2.05) is 0 Å². The van der Waals surface area contributed by atoms with Crippen LogP contribution >= 0.6 is 7.60 Å². The number of hydrogen-bond acceptors (Lipinski definition) is 11. The number of hydrogen-bond donors (Lipinski definition) is 4. The third kappa shape index (κ3) is 6.09. The zero-order valence-corrected chi connectivity index (χ0v) is 21.3. The second-order valence-electron chi connectivity index (χ2n) is 9.18. The van der Waals surface area contributed by atoms with Crippen LogP contribution in [-0.2, 0) is 23.1 Å². The quantitative estimate of drug-likeness (QED) is 0.292. The van der Waals surface area contributed by atoms with Crippen molar-refractivity contribution in [3.8, 4) is 0 Å². The molecule has 16 heteroatoms. The van der Waals surface area contributed by atoms with Gasteiger partial charge in [0.1, 0.15) is 24.7 Å². The van der Waals surface area contributed by atoms with Gasteiger partial charge < -0.3 is 28.7 Å². The normalized spacial score (nSPS) is 29.4. The van der Waals surface area contributed by atoms with E-state index in [2.05, 4.69) is 9.97 Å². The molecule has 4 heterocycles. The van der Waals surface area contributed by atoms with E-state index in [0.29, 0.717) is 11.1 Å². The Kier molecular flexibility index (Phi) is 7.85. The highest BCUT2D eigenvalue weighted by atomic mass is 31.2. The Morgan fingerprint density at radius 2 is 1.24 bits per heavy atom. The number of nitrogens with one attached hydrogen (secondary N) is 2. The van der Waals surface area contributed by atoms with Crippen molar-refractivity contribution in [1.82, 2.24) is 19.1 Å². The van der Waals surface area contributed by atoms with Crippen LogP contribution in [0.5, 0.6) is 0 Å². The Morgan fingerprint density at radius 3 is 1.62 bits per heavy atom. The van der Waals surface area contributed by atoms with Gasteiger partial charge in [0.25, 0.3) is 11.1 Å². The molecule has 2 unspecified atom stereocenters. The molecule has 6 atom stereocenters. The fraction of sp³-hybridized carbons (Fsp3) is 0.619. The molecule has 204 valence electrons. The minimum Gasteiger partial charge on any atom is -0.390 e. The van der Waals surface area contributed by atoms with E-state index in [0.717, 1.165) is 9.13 Å². The molecule has 2 aromatic rings. The fourth-order valence-electron chi connectivity index (χ4n) is 4.13. The number of aromatic nitrogens is 4. The van der Waals surface area contributed by atoms with E-state index in [1.165, 1.54) is 32.9 Å². The molecule has 0 spiro atoms. The number of aromatic amines is 2. The lowest BCUT2D eigenvalue weighted by atomic mass is 10.2. The lowest BCUT2D eigenvalue weighted by Gasteiger charge is -2.21. The molecule has 0 aliphatic carbocycles. The Balaban J connectivity index is 1.31. The van der Waals surface area contributed by atoms with E-state index in [1.54, 1.807) is 0 Å². The third-order valence-electron chi connectivity index (χ3n) is 6.27. The molecule has 0 saturated carbocycles. The van der Waals surface area contributed by atoms with E-state index < -0.39 is 67.0 Å². The molecule has 0 bridgehead atoms. The smallest absolute Gasteiger partial charge is 0.330 e. The zero-order chi connectivity index (χ0) is 27.1. The van der Waals surface area contributed by atoms with Crippen molar-refractivity contribution in [2.24, 2.45) is 0 Å². The first kappa shape index (κ1) is 27.4. The molecule has 4 N–H and O–H groups in total. The summed E-state index contributed by atoms with van der Waals surface area (Å²) in [5.41, 5.74) is -1.83. The summed E-state index contributed by atoms with van der Waals surface area (Å²) in [6.07, 6.45) is -2.89. The highest BCUT2D eigenvalue weighted by Crippen LogP contribution is 2.46. The lowest BCUT2D eigenvalue weighted by molar-refractivity contribution is -0.0526. The maximum atomic E-state index is 12.8. The number of ether oxygens (including phenoxy) is 2. The summed E-state index contributed by atoms with van der Waals surface area (Å²) in [5, 5.41) is 20.7. The Morgan fingerprint density at radius 1 is 0.865 bits per heavy atom. The minimum atomic E-state index is -3.70. The monoisotopic (exact) mass is 544 g/mol. The molecule has 2 aliphatic heterocycles. The number of rotatable bonds is 8. The van der Waals surface area contributed by atoms with E-state index in [9.17, 15) is 34.0 Å². The molecule has 2 saturated heterocycles. The summed E-state index contributed by atoms with van der Waals surface area (Å²) in [6, 6.07) is 0. The van der Waals surface area contributed by atoms with Crippen LogP contribution in [0.4, 0.5) is 0 Å². The molecule has 15 nitrogen and oxygen atoms in total. The van der Waals surface area contributed by atoms with Crippen molar-refractivity contribution >= 4 is 7.60 Å². The van der Waals surface area contributed by atoms with Crippen molar-refractivity contribution in [3.63, 3.8) is 0 Å². The summed E-state index contributed by atoms with van der Waals surface area (Å²) in [4.78, 5) is 51.7.